The maximum absolute atomic E-state index is 11.7. The van der Waals surface area contributed by atoms with Gasteiger partial charge >= 0.3 is 5.97 Å². The normalized spacial score (nSPS) is 11.6. The Morgan fingerprint density at radius 1 is 1.35 bits per heavy atom. The predicted octanol–water partition coefficient (Wildman–Crippen LogP) is -0.176. The highest BCUT2D eigenvalue weighted by Gasteiger charge is 2.18. The Kier molecular flexibility index (Phi) is 6.08. The number of rotatable bonds is 8. The molecule has 114 valence electrons. The highest BCUT2D eigenvalue weighted by molar-refractivity contribution is 7.91. The van der Waals surface area contributed by atoms with Gasteiger partial charge in [0.15, 0.2) is 15.5 Å². The van der Waals surface area contributed by atoms with Gasteiger partial charge < -0.3 is 9.47 Å². The van der Waals surface area contributed by atoms with Crippen LogP contribution in [-0.2, 0) is 25.9 Å². The lowest BCUT2D eigenvalue weighted by Crippen LogP contribution is -2.17. The van der Waals surface area contributed by atoms with E-state index in [1.165, 1.54) is 11.8 Å². The Balaban J connectivity index is 2.67. The lowest BCUT2D eigenvalue weighted by atomic mass is 10.3. The molecule has 20 heavy (non-hydrogen) atoms. The molecule has 0 aliphatic rings. The predicted molar refractivity (Wildman–Crippen MR) is 71.2 cm³/mol. The Morgan fingerprint density at radius 3 is 2.65 bits per heavy atom. The van der Waals surface area contributed by atoms with E-state index in [1.807, 2.05) is 0 Å². The van der Waals surface area contributed by atoms with Gasteiger partial charge in [-0.3, -0.25) is 0 Å². The van der Waals surface area contributed by atoms with Crippen LogP contribution in [0, 0.1) is 6.92 Å². The first-order valence-corrected chi connectivity index (χ1v) is 8.00. The Hall–Kier alpha value is -1.48. The summed E-state index contributed by atoms with van der Waals surface area (Å²) in [4.78, 5) is 11.7. The number of aromatic nitrogens is 3. The second-order valence-electron chi connectivity index (χ2n) is 4.11. The molecule has 0 radical (unpaired) electrons. The first-order chi connectivity index (χ1) is 9.41. The largest absolute Gasteiger partial charge is 0.458 e. The summed E-state index contributed by atoms with van der Waals surface area (Å²) in [7, 11) is -1.58. The zero-order valence-electron chi connectivity index (χ0n) is 11.8. The van der Waals surface area contributed by atoms with E-state index >= 15 is 0 Å². The van der Waals surface area contributed by atoms with Crippen molar-refractivity contribution in [3.8, 4) is 0 Å². The number of carbonyl (C=O) groups excluding carboxylic acids is 1. The van der Waals surface area contributed by atoms with E-state index in [0.717, 1.165) is 0 Å². The minimum absolute atomic E-state index is 0.0359. The van der Waals surface area contributed by atoms with Gasteiger partial charge in [-0.2, -0.15) is 0 Å². The molecule has 0 bridgehead atoms. The van der Waals surface area contributed by atoms with Crippen molar-refractivity contribution in [2.75, 3.05) is 31.8 Å². The van der Waals surface area contributed by atoms with Crippen molar-refractivity contribution >= 4 is 15.8 Å². The number of ether oxygens (including phenoxy) is 2. The SMILES string of the molecule is CCS(=O)(=O)CCn1nnc(C(=O)OCCOC)c1C. The molecule has 8 nitrogen and oxygen atoms in total. The zero-order chi connectivity index (χ0) is 15.2. The molecule has 1 rings (SSSR count). The van der Waals surface area contributed by atoms with E-state index in [-0.39, 0.29) is 30.4 Å². The molecule has 0 saturated heterocycles. The van der Waals surface area contributed by atoms with Gasteiger partial charge in [0.25, 0.3) is 0 Å². The first-order valence-electron chi connectivity index (χ1n) is 6.18. The first kappa shape index (κ1) is 16.6. The third kappa shape index (κ3) is 4.57. The lowest BCUT2D eigenvalue weighted by molar-refractivity contribution is 0.0380. The van der Waals surface area contributed by atoms with Crippen LogP contribution < -0.4 is 0 Å². The molecule has 9 heteroatoms. The summed E-state index contributed by atoms with van der Waals surface area (Å²) in [6.07, 6.45) is 0. The number of carbonyl (C=O) groups is 1. The third-order valence-corrected chi connectivity index (χ3v) is 4.43. The fraction of sp³-hybridized carbons (Fsp3) is 0.727. The summed E-state index contributed by atoms with van der Waals surface area (Å²) < 4.78 is 34.0. The number of hydrogen-bond donors (Lipinski definition) is 0. The Morgan fingerprint density at radius 2 is 2.05 bits per heavy atom. The van der Waals surface area contributed by atoms with Crippen molar-refractivity contribution < 1.29 is 22.7 Å². The van der Waals surface area contributed by atoms with Crippen molar-refractivity contribution in [2.24, 2.45) is 0 Å². The summed E-state index contributed by atoms with van der Waals surface area (Å²) in [6, 6.07) is 0. The Labute approximate surface area is 118 Å². The molecule has 0 unspecified atom stereocenters. The second-order valence-corrected chi connectivity index (χ2v) is 6.58. The highest BCUT2D eigenvalue weighted by Crippen LogP contribution is 2.06. The topological polar surface area (TPSA) is 100 Å². The average Bonchev–Trinajstić information content (AvgIpc) is 2.78. The zero-order valence-corrected chi connectivity index (χ0v) is 12.6. The molecule has 1 aromatic heterocycles. The lowest BCUT2D eigenvalue weighted by Gasteiger charge is -2.04. The summed E-state index contributed by atoms with van der Waals surface area (Å²) >= 11 is 0. The summed E-state index contributed by atoms with van der Waals surface area (Å²) in [5.41, 5.74) is 0.578. The molecule has 0 amide bonds. The number of aryl methyl sites for hydroxylation is 1. The molecular formula is C11H19N3O5S. The number of sulfone groups is 1. The van der Waals surface area contributed by atoms with Gasteiger partial charge in [0, 0.05) is 12.9 Å². The van der Waals surface area contributed by atoms with E-state index in [4.69, 9.17) is 9.47 Å². The summed E-state index contributed by atoms with van der Waals surface area (Å²) in [5.74, 6) is -0.553. The van der Waals surface area contributed by atoms with Crippen LogP contribution in [0.5, 0.6) is 0 Å². The van der Waals surface area contributed by atoms with E-state index in [0.29, 0.717) is 12.3 Å². The maximum atomic E-state index is 11.7. The summed E-state index contributed by atoms with van der Waals surface area (Å²) in [5, 5.41) is 7.50. The minimum atomic E-state index is -3.08. The fourth-order valence-corrected chi connectivity index (χ4v) is 2.16. The maximum Gasteiger partial charge on any atom is 0.360 e. The quantitative estimate of drug-likeness (QED) is 0.485. The molecule has 0 aromatic carbocycles. The van der Waals surface area contributed by atoms with Crippen LogP contribution in [0.15, 0.2) is 0 Å². The molecule has 0 atom stereocenters. The van der Waals surface area contributed by atoms with Crippen LogP contribution in [0.4, 0.5) is 0 Å². The fourth-order valence-electron chi connectivity index (χ4n) is 1.42. The van der Waals surface area contributed by atoms with Gasteiger partial charge in [0.1, 0.15) is 6.61 Å². The molecule has 0 N–H and O–H groups in total. The average molecular weight is 305 g/mol. The van der Waals surface area contributed by atoms with Gasteiger partial charge in [0.2, 0.25) is 0 Å². The minimum Gasteiger partial charge on any atom is -0.458 e. The van der Waals surface area contributed by atoms with Gasteiger partial charge in [-0.1, -0.05) is 12.1 Å². The molecule has 0 spiro atoms. The van der Waals surface area contributed by atoms with Crippen LogP contribution >= 0.6 is 0 Å². The van der Waals surface area contributed by atoms with Crippen molar-refractivity contribution in [1.82, 2.24) is 15.0 Å². The van der Waals surface area contributed by atoms with E-state index < -0.39 is 15.8 Å². The van der Waals surface area contributed by atoms with Crippen molar-refractivity contribution in [3.05, 3.63) is 11.4 Å². The standard InChI is InChI=1S/C11H19N3O5S/c1-4-20(16,17)8-5-14-9(2)10(12-13-14)11(15)19-7-6-18-3/h4-8H2,1-3H3. The molecule has 1 heterocycles. The van der Waals surface area contributed by atoms with Crippen molar-refractivity contribution in [3.63, 3.8) is 0 Å². The van der Waals surface area contributed by atoms with Gasteiger partial charge in [0.05, 0.1) is 24.6 Å². The van der Waals surface area contributed by atoms with E-state index in [2.05, 4.69) is 10.3 Å². The monoisotopic (exact) mass is 305 g/mol. The number of hydrogen-bond acceptors (Lipinski definition) is 7. The van der Waals surface area contributed by atoms with Crippen molar-refractivity contribution in [1.29, 1.82) is 0 Å². The molecule has 0 saturated carbocycles. The molecular weight excluding hydrogens is 286 g/mol. The van der Waals surface area contributed by atoms with Gasteiger partial charge in [-0.05, 0) is 6.92 Å². The van der Waals surface area contributed by atoms with Gasteiger partial charge in [-0.25, -0.2) is 17.9 Å². The number of methoxy groups -OCH3 is 1. The summed E-state index contributed by atoms with van der Waals surface area (Å²) in [6.45, 7) is 3.83. The van der Waals surface area contributed by atoms with Crippen LogP contribution in [0.2, 0.25) is 0 Å². The Bertz CT molecular complexity index is 552. The van der Waals surface area contributed by atoms with E-state index in [9.17, 15) is 13.2 Å². The number of nitrogens with zero attached hydrogens (tertiary/aromatic N) is 3. The highest BCUT2D eigenvalue weighted by atomic mass is 32.2. The molecule has 0 fully saturated rings. The third-order valence-electron chi connectivity index (χ3n) is 2.75. The number of esters is 1. The van der Waals surface area contributed by atoms with Crippen LogP contribution in [-0.4, -0.2) is 61.2 Å². The van der Waals surface area contributed by atoms with Gasteiger partial charge in [-0.15, -0.1) is 5.10 Å². The molecule has 1 aromatic rings. The van der Waals surface area contributed by atoms with Crippen LogP contribution in [0.3, 0.4) is 0 Å². The molecule has 0 aliphatic heterocycles. The van der Waals surface area contributed by atoms with Crippen LogP contribution in [0.1, 0.15) is 23.1 Å². The second kappa shape index (κ2) is 7.34. The van der Waals surface area contributed by atoms with E-state index in [1.54, 1.807) is 13.8 Å². The molecule has 0 aliphatic carbocycles. The van der Waals surface area contributed by atoms with Crippen molar-refractivity contribution in [2.45, 2.75) is 20.4 Å². The smallest absolute Gasteiger partial charge is 0.360 e. The van der Waals surface area contributed by atoms with Crippen LogP contribution in [0.25, 0.3) is 0 Å².